The number of nitrogens with zero attached hydrogens (tertiary/aromatic N) is 4. The van der Waals surface area contributed by atoms with Gasteiger partial charge in [0.1, 0.15) is 0 Å². The number of para-hydroxylation sites is 1. The summed E-state index contributed by atoms with van der Waals surface area (Å²) in [5.41, 5.74) is 3.04. The molecule has 0 saturated carbocycles. The predicted molar refractivity (Wildman–Crippen MR) is 184 cm³/mol. The highest BCUT2D eigenvalue weighted by atomic mass is 79.9. The second-order valence-corrected chi connectivity index (χ2v) is 15.3. The van der Waals surface area contributed by atoms with E-state index in [0.717, 1.165) is 70.5 Å². The Morgan fingerprint density at radius 2 is 1.44 bits per heavy atom. The molecule has 4 amide bonds. The number of anilines is 1. The number of carbonyl (C=O) groups excluding carboxylic acids is 3. The first-order chi connectivity index (χ1) is 21.7. The Labute approximate surface area is 284 Å². The minimum absolute atomic E-state index is 0.0375. The minimum atomic E-state index is -0.402. The SMILES string of the molecule is CN1CCC(C2CCN(C(=O)C(CC(=O)N3CCC(N4Cc5ccccc5NC4=O)CC3)Cc3cc(Br)cc(Br)c3)CC2)CC1. The second-order valence-electron chi connectivity index (χ2n) is 13.5. The summed E-state index contributed by atoms with van der Waals surface area (Å²) in [6.45, 7) is 5.71. The van der Waals surface area contributed by atoms with E-state index in [-0.39, 0.29) is 30.3 Å². The van der Waals surface area contributed by atoms with Gasteiger partial charge in [-0.05, 0) is 112 Å². The molecule has 3 fully saturated rings. The zero-order valence-corrected chi connectivity index (χ0v) is 29.4. The molecular formula is C35H45Br2N5O3. The smallest absolute Gasteiger partial charge is 0.322 e. The Bertz CT molecular complexity index is 1360. The lowest BCUT2D eigenvalue weighted by molar-refractivity contribution is -0.143. The number of carbonyl (C=O) groups is 3. The monoisotopic (exact) mass is 741 g/mol. The molecule has 8 nitrogen and oxygen atoms in total. The maximum Gasteiger partial charge on any atom is 0.322 e. The third kappa shape index (κ3) is 7.93. The van der Waals surface area contributed by atoms with Gasteiger partial charge < -0.3 is 24.9 Å². The van der Waals surface area contributed by atoms with Crippen LogP contribution in [0.1, 0.15) is 56.1 Å². The van der Waals surface area contributed by atoms with Crippen LogP contribution in [0.4, 0.5) is 10.5 Å². The quantitative estimate of drug-likeness (QED) is 0.358. The van der Waals surface area contributed by atoms with Gasteiger partial charge in [0.15, 0.2) is 0 Å². The lowest BCUT2D eigenvalue weighted by Crippen LogP contribution is -2.51. The van der Waals surface area contributed by atoms with E-state index in [9.17, 15) is 14.4 Å². The van der Waals surface area contributed by atoms with Gasteiger partial charge in [0.2, 0.25) is 11.8 Å². The fraction of sp³-hybridized carbons (Fsp3) is 0.571. The lowest BCUT2D eigenvalue weighted by atomic mass is 9.78. The fourth-order valence-electron chi connectivity index (χ4n) is 7.89. The van der Waals surface area contributed by atoms with Gasteiger partial charge >= 0.3 is 6.03 Å². The van der Waals surface area contributed by atoms with Crippen LogP contribution in [0.2, 0.25) is 0 Å². The van der Waals surface area contributed by atoms with Gasteiger partial charge in [0, 0.05) is 59.8 Å². The third-order valence-corrected chi connectivity index (χ3v) is 11.5. The molecule has 242 valence electrons. The first kappa shape index (κ1) is 32.5. The van der Waals surface area contributed by atoms with Crippen molar-refractivity contribution in [2.75, 3.05) is 51.6 Å². The van der Waals surface area contributed by atoms with Gasteiger partial charge in [0.25, 0.3) is 0 Å². The van der Waals surface area contributed by atoms with Crippen LogP contribution in [0, 0.1) is 17.8 Å². The van der Waals surface area contributed by atoms with Crippen molar-refractivity contribution >= 4 is 55.4 Å². The van der Waals surface area contributed by atoms with E-state index < -0.39 is 5.92 Å². The number of fused-ring (bicyclic) bond motifs is 1. The van der Waals surface area contributed by atoms with Crippen molar-refractivity contribution in [3.05, 3.63) is 62.5 Å². The van der Waals surface area contributed by atoms with E-state index in [1.165, 1.54) is 25.9 Å². The van der Waals surface area contributed by atoms with E-state index >= 15 is 0 Å². The molecule has 4 aliphatic heterocycles. The van der Waals surface area contributed by atoms with Crippen LogP contribution >= 0.6 is 31.9 Å². The number of likely N-dealkylation sites (tertiary alicyclic amines) is 3. The van der Waals surface area contributed by atoms with Crippen LogP contribution in [0.25, 0.3) is 0 Å². The molecule has 0 bridgehead atoms. The van der Waals surface area contributed by atoms with Gasteiger partial charge in [-0.1, -0.05) is 50.1 Å². The molecule has 1 unspecified atom stereocenters. The lowest BCUT2D eigenvalue weighted by Gasteiger charge is -2.41. The number of halogens is 2. The number of hydrogen-bond donors (Lipinski definition) is 1. The standard InChI is InChI=1S/C35H45Br2N5O3/c1-39-12-6-25(7-13-39)26-8-14-41(15-9-26)34(44)28(18-24-19-29(36)22-30(37)20-24)21-33(43)40-16-10-31(11-17-40)42-23-27-4-2-3-5-32(27)38-35(42)45/h2-5,19-20,22,25-26,28,31H,6-18,21,23H2,1H3,(H,38,45). The second kappa shape index (κ2) is 14.6. The van der Waals surface area contributed by atoms with Crippen LogP contribution in [0.3, 0.4) is 0 Å². The Kier molecular flexibility index (Phi) is 10.5. The highest BCUT2D eigenvalue weighted by molar-refractivity contribution is 9.11. The first-order valence-corrected chi connectivity index (χ1v) is 18.2. The average molecular weight is 744 g/mol. The summed E-state index contributed by atoms with van der Waals surface area (Å²) < 4.78 is 1.91. The summed E-state index contributed by atoms with van der Waals surface area (Å²) in [4.78, 5) is 49.0. The first-order valence-electron chi connectivity index (χ1n) is 16.6. The summed E-state index contributed by atoms with van der Waals surface area (Å²) >= 11 is 7.19. The third-order valence-electron chi connectivity index (χ3n) is 10.6. The van der Waals surface area contributed by atoms with E-state index in [0.29, 0.717) is 32.0 Å². The van der Waals surface area contributed by atoms with Crippen molar-refractivity contribution in [3.63, 3.8) is 0 Å². The van der Waals surface area contributed by atoms with Crippen molar-refractivity contribution < 1.29 is 14.4 Å². The van der Waals surface area contributed by atoms with Crippen LogP contribution in [0.5, 0.6) is 0 Å². The van der Waals surface area contributed by atoms with Gasteiger partial charge in [-0.15, -0.1) is 0 Å². The maximum absolute atomic E-state index is 14.1. The molecule has 0 aromatic heterocycles. The Morgan fingerprint density at radius 1 is 0.844 bits per heavy atom. The van der Waals surface area contributed by atoms with E-state index in [1.54, 1.807) is 0 Å². The summed E-state index contributed by atoms with van der Waals surface area (Å²) in [5.74, 6) is 1.21. The molecule has 1 N–H and O–H groups in total. The van der Waals surface area contributed by atoms with Gasteiger partial charge in [-0.3, -0.25) is 9.59 Å². The molecule has 45 heavy (non-hydrogen) atoms. The molecule has 0 spiro atoms. The highest BCUT2D eigenvalue weighted by Crippen LogP contribution is 2.34. The number of urea groups is 1. The van der Waals surface area contributed by atoms with Crippen molar-refractivity contribution in [2.24, 2.45) is 17.8 Å². The van der Waals surface area contributed by atoms with Gasteiger partial charge in [-0.2, -0.15) is 0 Å². The Morgan fingerprint density at radius 3 is 2.11 bits per heavy atom. The molecule has 0 radical (unpaired) electrons. The van der Waals surface area contributed by atoms with Gasteiger partial charge in [0.05, 0.1) is 5.92 Å². The number of amides is 4. The zero-order chi connectivity index (χ0) is 31.5. The van der Waals surface area contributed by atoms with Gasteiger partial charge in [-0.25, -0.2) is 4.79 Å². The molecule has 0 aliphatic carbocycles. The molecule has 1 atom stereocenters. The topological polar surface area (TPSA) is 76.2 Å². The minimum Gasteiger partial charge on any atom is -0.343 e. The molecular weight excluding hydrogens is 698 g/mol. The van der Waals surface area contributed by atoms with Crippen LogP contribution in [-0.2, 0) is 22.6 Å². The van der Waals surface area contributed by atoms with E-state index in [2.05, 4.69) is 67.3 Å². The zero-order valence-electron chi connectivity index (χ0n) is 26.2. The molecule has 2 aromatic carbocycles. The largest absolute Gasteiger partial charge is 0.343 e. The van der Waals surface area contributed by atoms with E-state index in [4.69, 9.17) is 0 Å². The Hall–Kier alpha value is -2.43. The van der Waals surface area contributed by atoms with Crippen molar-refractivity contribution in [3.8, 4) is 0 Å². The number of rotatable bonds is 7. The number of nitrogens with one attached hydrogen (secondary N) is 1. The molecule has 3 saturated heterocycles. The number of piperidine rings is 3. The Balaban J connectivity index is 1.08. The molecule has 6 rings (SSSR count). The summed E-state index contributed by atoms with van der Waals surface area (Å²) in [5, 5.41) is 3.02. The molecule has 4 aliphatic rings. The highest BCUT2D eigenvalue weighted by Gasteiger charge is 2.36. The summed E-state index contributed by atoms with van der Waals surface area (Å²) in [6.07, 6.45) is 6.86. The van der Waals surface area contributed by atoms with Crippen molar-refractivity contribution in [1.82, 2.24) is 19.6 Å². The molecule has 10 heteroatoms. The van der Waals surface area contributed by atoms with Crippen molar-refractivity contribution in [1.29, 1.82) is 0 Å². The molecule has 4 heterocycles. The van der Waals surface area contributed by atoms with Crippen LogP contribution in [0.15, 0.2) is 51.4 Å². The van der Waals surface area contributed by atoms with Crippen LogP contribution < -0.4 is 5.32 Å². The van der Waals surface area contributed by atoms with Crippen LogP contribution in [-0.4, -0.2) is 89.8 Å². The summed E-state index contributed by atoms with van der Waals surface area (Å²) in [6, 6.07) is 14.0. The average Bonchev–Trinajstić information content (AvgIpc) is 3.04. The fourth-order valence-corrected chi connectivity index (χ4v) is 9.28. The van der Waals surface area contributed by atoms with Crippen molar-refractivity contribution in [2.45, 2.75) is 64.0 Å². The maximum atomic E-state index is 14.1. The molecule has 2 aromatic rings. The predicted octanol–water partition coefficient (Wildman–Crippen LogP) is 6.38. The normalized spacial score (nSPS) is 21.4. The number of hydrogen-bond acceptors (Lipinski definition) is 4. The number of benzene rings is 2. The van der Waals surface area contributed by atoms with E-state index in [1.807, 2.05) is 39.0 Å². The summed E-state index contributed by atoms with van der Waals surface area (Å²) in [7, 11) is 2.21.